The second kappa shape index (κ2) is 10.1. The molecule has 0 radical (unpaired) electrons. The van der Waals surface area contributed by atoms with Crippen molar-refractivity contribution in [3.8, 4) is 11.4 Å². The van der Waals surface area contributed by atoms with Crippen molar-refractivity contribution in [2.45, 2.75) is 58.8 Å². The third kappa shape index (κ3) is 5.26. The maximum Gasteiger partial charge on any atom is 0.272 e. The van der Waals surface area contributed by atoms with Gasteiger partial charge in [-0.25, -0.2) is 13.8 Å². The van der Waals surface area contributed by atoms with Crippen molar-refractivity contribution in [3.05, 3.63) is 40.2 Å². The van der Waals surface area contributed by atoms with Crippen molar-refractivity contribution in [2.24, 2.45) is 5.41 Å². The average molecular weight is 524 g/mol. The molecule has 1 aromatic carbocycles. The van der Waals surface area contributed by atoms with Gasteiger partial charge >= 0.3 is 0 Å². The molecule has 1 saturated heterocycles. The molecule has 2 aromatic rings. The third-order valence-electron chi connectivity index (χ3n) is 6.74. The van der Waals surface area contributed by atoms with Gasteiger partial charge in [0.1, 0.15) is 23.5 Å². The molecule has 2 aliphatic heterocycles. The van der Waals surface area contributed by atoms with Gasteiger partial charge in [-0.15, -0.1) is 0 Å². The summed E-state index contributed by atoms with van der Waals surface area (Å²) in [5.41, 5.74) is 0.0506. The van der Waals surface area contributed by atoms with E-state index in [0.717, 1.165) is 13.0 Å². The molecule has 196 valence electrons. The van der Waals surface area contributed by atoms with Gasteiger partial charge in [-0.2, -0.15) is 0 Å². The fourth-order valence-electron chi connectivity index (χ4n) is 4.78. The van der Waals surface area contributed by atoms with Crippen LogP contribution in [0.4, 0.5) is 8.78 Å². The lowest BCUT2D eigenvalue weighted by atomic mass is 9.85. The first-order valence-electron chi connectivity index (χ1n) is 12.1. The second-order valence-corrected chi connectivity index (χ2v) is 11.1. The molecule has 2 aliphatic rings. The van der Waals surface area contributed by atoms with Crippen molar-refractivity contribution in [2.75, 3.05) is 26.7 Å². The van der Waals surface area contributed by atoms with Gasteiger partial charge in [0.2, 0.25) is 5.91 Å². The minimum atomic E-state index is -0.878. The summed E-state index contributed by atoms with van der Waals surface area (Å²) in [7, 11) is 1.92. The zero-order valence-electron chi connectivity index (χ0n) is 20.9. The zero-order chi connectivity index (χ0) is 26.4. The molecule has 11 heteroatoms. The fourth-order valence-corrected chi connectivity index (χ4v) is 4.94. The molecule has 0 bridgehead atoms. The minimum absolute atomic E-state index is 0.000699. The number of β-amino-alcohol motifs (C(OH)–C–C–N with tert-alkyl or cyclic N) is 1. The lowest BCUT2D eigenvalue weighted by Crippen LogP contribution is -2.54. The van der Waals surface area contributed by atoms with Crippen molar-refractivity contribution < 1.29 is 23.5 Å². The van der Waals surface area contributed by atoms with E-state index in [-0.39, 0.29) is 34.6 Å². The van der Waals surface area contributed by atoms with Crippen LogP contribution in [0.1, 0.15) is 49.8 Å². The topological polar surface area (TPSA) is 90.7 Å². The number of rotatable bonds is 4. The Balaban J connectivity index is 1.74. The summed E-state index contributed by atoms with van der Waals surface area (Å²) in [6.45, 7) is 7.83. The molecule has 3 heterocycles. The largest absolute Gasteiger partial charge is 0.391 e. The summed E-state index contributed by atoms with van der Waals surface area (Å²) >= 11 is 5.94. The molecular weight excluding hydrogens is 492 g/mol. The Hall–Kier alpha value is -2.56. The molecule has 0 saturated carbocycles. The molecule has 8 nitrogen and oxygen atoms in total. The summed E-state index contributed by atoms with van der Waals surface area (Å²) in [5, 5.41) is 12.5. The number of hydrogen-bond acceptors (Lipinski definition) is 5. The third-order valence-corrected chi connectivity index (χ3v) is 7.03. The number of hydrogen-bond donors (Lipinski definition) is 2. The molecule has 2 N–H and O–H groups in total. The Kier molecular flexibility index (Phi) is 7.41. The number of halogens is 3. The van der Waals surface area contributed by atoms with Gasteiger partial charge in [0.05, 0.1) is 22.4 Å². The first-order chi connectivity index (χ1) is 16.9. The van der Waals surface area contributed by atoms with Crippen LogP contribution < -0.4 is 5.32 Å². The summed E-state index contributed by atoms with van der Waals surface area (Å²) in [6.07, 6.45) is 0.655. The Labute approximate surface area is 214 Å². The minimum Gasteiger partial charge on any atom is -0.391 e. The van der Waals surface area contributed by atoms with Crippen LogP contribution in [-0.2, 0) is 17.9 Å². The quantitative estimate of drug-likeness (QED) is 0.601. The van der Waals surface area contributed by atoms with Gasteiger partial charge in [0.15, 0.2) is 5.69 Å². The van der Waals surface area contributed by atoms with Gasteiger partial charge < -0.3 is 24.8 Å². The first-order valence-corrected chi connectivity index (χ1v) is 12.4. The molecule has 0 spiro atoms. The summed E-state index contributed by atoms with van der Waals surface area (Å²) in [6, 6.07) is 1.02. The Bertz CT molecular complexity index is 1180. The first kappa shape index (κ1) is 26.5. The number of carbonyl (C=O) groups excluding carboxylic acids is 2. The van der Waals surface area contributed by atoms with Crippen molar-refractivity contribution in [3.63, 3.8) is 0 Å². The van der Waals surface area contributed by atoms with E-state index in [1.54, 1.807) is 9.47 Å². The lowest BCUT2D eigenvalue weighted by molar-refractivity contribution is -0.135. The number of carbonyl (C=O) groups is 2. The van der Waals surface area contributed by atoms with E-state index in [0.29, 0.717) is 37.8 Å². The van der Waals surface area contributed by atoms with Crippen LogP contribution >= 0.6 is 11.6 Å². The van der Waals surface area contributed by atoms with E-state index in [2.05, 4.69) is 10.3 Å². The average Bonchev–Trinajstić information content (AvgIpc) is 3.31. The molecule has 2 amide bonds. The SMILES string of the molecule is CN1CCCn2c(-c3cc(Cl)c(F)cc3F)nc(C(=O)N[C@H](C(=O)N3CC[C@H](O)C3)C(C)(C)C)c2C1. The van der Waals surface area contributed by atoms with E-state index in [9.17, 15) is 23.5 Å². The predicted molar refractivity (Wildman–Crippen MR) is 131 cm³/mol. The predicted octanol–water partition coefficient (Wildman–Crippen LogP) is 3.05. The monoisotopic (exact) mass is 523 g/mol. The number of aliphatic hydroxyl groups excluding tert-OH is 1. The Morgan fingerprint density at radius 2 is 1.92 bits per heavy atom. The van der Waals surface area contributed by atoms with Gasteiger partial charge in [-0.1, -0.05) is 32.4 Å². The smallest absolute Gasteiger partial charge is 0.272 e. The van der Waals surface area contributed by atoms with Crippen molar-refractivity contribution in [1.82, 2.24) is 24.7 Å². The second-order valence-electron chi connectivity index (χ2n) is 10.7. The fraction of sp³-hybridized carbons (Fsp3) is 0.560. The number of benzene rings is 1. The van der Waals surface area contributed by atoms with Gasteiger partial charge in [-0.05, 0) is 37.9 Å². The van der Waals surface area contributed by atoms with Crippen molar-refractivity contribution in [1.29, 1.82) is 0 Å². The van der Waals surface area contributed by atoms with Crippen LogP contribution in [-0.4, -0.2) is 75.1 Å². The molecule has 1 aromatic heterocycles. The van der Waals surface area contributed by atoms with Crippen LogP contribution in [0.5, 0.6) is 0 Å². The van der Waals surface area contributed by atoms with Crippen LogP contribution in [0, 0.1) is 17.0 Å². The number of likely N-dealkylation sites (tertiary alicyclic amines) is 1. The van der Waals surface area contributed by atoms with Gasteiger partial charge in [0.25, 0.3) is 5.91 Å². The van der Waals surface area contributed by atoms with E-state index >= 15 is 0 Å². The number of imidazole rings is 1. The van der Waals surface area contributed by atoms with Gasteiger partial charge in [0, 0.05) is 32.2 Å². The van der Waals surface area contributed by atoms with E-state index < -0.39 is 35.1 Å². The highest BCUT2D eigenvalue weighted by molar-refractivity contribution is 6.31. The standard InChI is InChI=1S/C25H32ClF2N5O3/c1-25(2,3)21(24(36)32-9-6-14(34)12-32)30-23(35)20-19-13-31(4)7-5-8-33(19)22(29-20)15-10-16(26)18(28)11-17(15)27/h10-11,14,21,34H,5-9,12-13H2,1-4H3,(H,30,35)/t14-,21+/m0/s1. The van der Waals surface area contributed by atoms with E-state index in [4.69, 9.17) is 11.6 Å². The lowest BCUT2D eigenvalue weighted by Gasteiger charge is -2.33. The maximum absolute atomic E-state index is 14.8. The number of aliphatic hydroxyl groups is 1. The van der Waals surface area contributed by atoms with Crippen LogP contribution in [0.3, 0.4) is 0 Å². The molecule has 0 aliphatic carbocycles. The number of aromatic nitrogens is 2. The van der Waals surface area contributed by atoms with E-state index in [1.165, 1.54) is 6.07 Å². The molecule has 36 heavy (non-hydrogen) atoms. The molecule has 1 fully saturated rings. The maximum atomic E-state index is 14.8. The van der Waals surface area contributed by atoms with Crippen molar-refractivity contribution >= 4 is 23.4 Å². The summed E-state index contributed by atoms with van der Waals surface area (Å²) in [5.74, 6) is -2.35. The highest BCUT2D eigenvalue weighted by Crippen LogP contribution is 2.32. The number of fused-ring (bicyclic) bond motifs is 1. The highest BCUT2D eigenvalue weighted by atomic mass is 35.5. The Morgan fingerprint density at radius 3 is 2.56 bits per heavy atom. The van der Waals surface area contributed by atoms with Crippen LogP contribution in [0.25, 0.3) is 11.4 Å². The molecule has 4 rings (SSSR count). The number of nitrogens with one attached hydrogen (secondary N) is 1. The normalized spacial score (nSPS) is 19.7. The number of nitrogens with zero attached hydrogens (tertiary/aromatic N) is 4. The zero-order valence-corrected chi connectivity index (χ0v) is 21.7. The summed E-state index contributed by atoms with van der Waals surface area (Å²) < 4.78 is 30.4. The molecular formula is C25H32ClF2N5O3. The Morgan fingerprint density at radius 1 is 1.19 bits per heavy atom. The molecule has 0 unspecified atom stereocenters. The molecule has 2 atom stereocenters. The van der Waals surface area contributed by atoms with Crippen LogP contribution in [0.15, 0.2) is 12.1 Å². The number of amides is 2. The highest BCUT2D eigenvalue weighted by Gasteiger charge is 2.39. The van der Waals surface area contributed by atoms with Gasteiger partial charge in [-0.3, -0.25) is 9.59 Å². The summed E-state index contributed by atoms with van der Waals surface area (Å²) in [4.78, 5) is 35.0. The van der Waals surface area contributed by atoms with E-state index in [1.807, 2.05) is 32.7 Å². The van der Waals surface area contributed by atoms with Crippen LogP contribution in [0.2, 0.25) is 5.02 Å².